The van der Waals surface area contributed by atoms with Gasteiger partial charge in [0.1, 0.15) is 36.8 Å². The Morgan fingerprint density at radius 3 is 2.92 bits per heavy atom. The summed E-state index contributed by atoms with van der Waals surface area (Å²) in [6.07, 6.45) is 3.14. The van der Waals surface area contributed by atoms with Crippen molar-refractivity contribution < 1.29 is 23.7 Å². The van der Waals surface area contributed by atoms with Crippen LogP contribution in [0.5, 0.6) is 0 Å². The number of carbonyl (C=O) groups is 1. The van der Waals surface area contributed by atoms with Gasteiger partial charge in [0.25, 0.3) is 0 Å². The molecule has 0 N–H and O–H groups in total. The van der Waals surface area contributed by atoms with Crippen molar-refractivity contribution in [3.05, 3.63) is 18.9 Å². The molecule has 9 nitrogen and oxygen atoms in total. The molecule has 2 aliphatic rings. The third kappa shape index (κ3) is 2.54. The number of carbonyl (C=O) groups excluding carboxylic acids is 1. The zero-order chi connectivity index (χ0) is 16.9. The number of rotatable bonds is 3. The van der Waals surface area contributed by atoms with Crippen LogP contribution in [0, 0.1) is 0 Å². The lowest BCUT2D eigenvalue weighted by Gasteiger charge is -2.24. The van der Waals surface area contributed by atoms with Gasteiger partial charge in [0, 0.05) is 6.92 Å². The average molecular weight is 334 g/mol. The molecular weight excluding hydrogens is 316 g/mol. The van der Waals surface area contributed by atoms with Crippen molar-refractivity contribution in [1.82, 2.24) is 19.5 Å². The molecule has 0 bridgehead atoms. The van der Waals surface area contributed by atoms with Crippen molar-refractivity contribution in [3.63, 3.8) is 0 Å². The molecule has 4 atom stereocenters. The first-order chi connectivity index (χ1) is 11.4. The van der Waals surface area contributed by atoms with E-state index in [0.717, 1.165) is 0 Å². The molecule has 2 saturated heterocycles. The SMILES string of the molecule is CC(=O)OC[C@H]1O[C@@H](n2cnc3cncnc32)[C@@H]2OC(C)(C)O[C@@H]21. The lowest BCUT2D eigenvalue weighted by atomic mass is 10.1. The molecule has 0 radical (unpaired) electrons. The Bertz CT molecular complexity index is 776. The Labute approximate surface area is 137 Å². The Balaban J connectivity index is 1.66. The van der Waals surface area contributed by atoms with E-state index in [1.165, 1.54) is 13.3 Å². The highest BCUT2D eigenvalue weighted by Gasteiger charge is 2.56. The van der Waals surface area contributed by atoms with Crippen LogP contribution in [0.3, 0.4) is 0 Å². The maximum atomic E-state index is 11.1. The van der Waals surface area contributed by atoms with E-state index >= 15 is 0 Å². The lowest BCUT2D eigenvalue weighted by molar-refractivity contribution is -0.201. The highest BCUT2D eigenvalue weighted by Crippen LogP contribution is 2.43. The molecule has 24 heavy (non-hydrogen) atoms. The van der Waals surface area contributed by atoms with E-state index in [2.05, 4.69) is 15.0 Å². The molecule has 0 amide bonds. The Morgan fingerprint density at radius 2 is 2.12 bits per heavy atom. The predicted octanol–water partition coefficient (Wildman–Crippen LogP) is 0.807. The van der Waals surface area contributed by atoms with E-state index in [1.54, 1.807) is 17.1 Å². The van der Waals surface area contributed by atoms with Crippen LogP contribution in [0.4, 0.5) is 0 Å². The number of nitrogens with zero attached hydrogens (tertiary/aromatic N) is 4. The van der Waals surface area contributed by atoms with Crippen molar-refractivity contribution in [2.24, 2.45) is 0 Å². The van der Waals surface area contributed by atoms with Crippen molar-refractivity contribution >= 4 is 17.1 Å². The van der Waals surface area contributed by atoms with Crippen molar-refractivity contribution in [2.75, 3.05) is 6.61 Å². The Morgan fingerprint density at radius 1 is 1.33 bits per heavy atom. The number of imidazole rings is 1. The van der Waals surface area contributed by atoms with Gasteiger partial charge in [-0.1, -0.05) is 0 Å². The monoisotopic (exact) mass is 334 g/mol. The fraction of sp³-hybridized carbons (Fsp3) is 0.600. The molecule has 4 rings (SSSR count). The van der Waals surface area contributed by atoms with Crippen molar-refractivity contribution in [2.45, 2.75) is 51.1 Å². The minimum atomic E-state index is -0.739. The quantitative estimate of drug-likeness (QED) is 0.761. The van der Waals surface area contributed by atoms with E-state index in [1.807, 2.05) is 13.8 Å². The van der Waals surface area contributed by atoms with Gasteiger partial charge in [0.2, 0.25) is 0 Å². The van der Waals surface area contributed by atoms with E-state index in [4.69, 9.17) is 18.9 Å². The summed E-state index contributed by atoms with van der Waals surface area (Å²) >= 11 is 0. The molecule has 2 fully saturated rings. The van der Waals surface area contributed by atoms with Crippen LogP contribution < -0.4 is 0 Å². The van der Waals surface area contributed by atoms with Gasteiger partial charge in [0.05, 0.1) is 12.5 Å². The Kier molecular flexibility index (Phi) is 3.52. The Hall–Kier alpha value is -2.10. The second-order valence-corrected chi connectivity index (χ2v) is 6.32. The van der Waals surface area contributed by atoms with Crippen LogP contribution in [0.1, 0.15) is 27.0 Å². The van der Waals surface area contributed by atoms with E-state index in [9.17, 15) is 4.79 Å². The zero-order valence-electron chi connectivity index (χ0n) is 13.6. The van der Waals surface area contributed by atoms with Gasteiger partial charge < -0.3 is 18.9 Å². The summed E-state index contributed by atoms with van der Waals surface area (Å²) in [5, 5.41) is 0. The number of aromatic nitrogens is 4. The smallest absolute Gasteiger partial charge is 0.302 e. The first-order valence-corrected chi connectivity index (χ1v) is 7.71. The maximum Gasteiger partial charge on any atom is 0.302 e. The van der Waals surface area contributed by atoms with Crippen molar-refractivity contribution in [1.29, 1.82) is 0 Å². The summed E-state index contributed by atoms with van der Waals surface area (Å²) in [7, 11) is 0. The molecule has 0 aliphatic carbocycles. The van der Waals surface area contributed by atoms with Crippen LogP contribution in [0.15, 0.2) is 18.9 Å². The fourth-order valence-electron chi connectivity index (χ4n) is 3.19. The van der Waals surface area contributed by atoms with Crippen LogP contribution in [-0.4, -0.2) is 56.2 Å². The van der Waals surface area contributed by atoms with E-state index in [0.29, 0.717) is 11.2 Å². The molecule has 0 unspecified atom stereocenters. The second kappa shape index (κ2) is 5.47. The fourth-order valence-corrected chi connectivity index (χ4v) is 3.19. The normalized spacial score (nSPS) is 31.3. The minimum absolute atomic E-state index is 0.105. The minimum Gasteiger partial charge on any atom is -0.463 e. The summed E-state index contributed by atoms with van der Waals surface area (Å²) in [5.41, 5.74) is 1.31. The van der Waals surface area contributed by atoms with Gasteiger partial charge in [-0.05, 0) is 13.8 Å². The van der Waals surface area contributed by atoms with Crippen LogP contribution in [0.2, 0.25) is 0 Å². The molecule has 0 saturated carbocycles. The number of fused-ring (bicyclic) bond motifs is 2. The van der Waals surface area contributed by atoms with Gasteiger partial charge in [-0.2, -0.15) is 0 Å². The molecule has 0 aromatic carbocycles. The van der Waals surface area contributed by atoms with E-state index < -0.39 is 18.1 Å². The molecule has 4 heterocycles. The van der Waals surface area contributed by atoms with Crippen LogP contribution in [0.25, 0.3) is 11.2 Å². The summed E-state index contributed by atoms with van der Waals surface area (Å²) in [5.74, 6) is -1.10. The molecule has 2 aromatic heterocycles. The number of hydrogen-bond acceptors (Lipinski definition) is 8. The lowest BCUT2D eigenvalue weighted by Crippen LogP contribution is -2.33. The van der Waals surface area contributed by atoms with E-state index in [-0.39, 0.29) is 24.8 Å². The van der Waals surface area contributed by atoms with Gasteiger partial charge in [-0.25, -0.2) is 15.0 Å². The van der Waals surface area contributed by atoms with Crippen LogP contribution in [-0.2, 0) is 23.7 Å². The number of esters is 1. The predicted molar refractivity (Wildman–Crippen MR) is 79.7 cm³/mol. The van der Waals surface area contributed by atoms with Crippen molar-refractivity contribution in [3.8, 4) is 0 Å². The molecule has 9 heteroatoms. The average Bonchev–Trinajstić information content (AvgIpc) is 3.16. The van der Waals surface area contributed by atoms with Gasteiger partial charge in [-0.3, -0.25) is 9.36 Å². The number of ether oxygens (including phenoxy) is 4. The summed E-state index contributed by atoms with van der Waals surface area (Å²) in [6, 6.07) is 0. The van der Waals surface area contributed by atoms with Crippen LogP contribution >= 0.6 is 0 Å². The van der Waals surface area contributed by atoms with Gasteiger partial charge in [-0.15, -0.1) is 0 Å². The molecular formula is C15H18N4O5. The molecule has 2 aromatic rings. The summed E-state index contributed by atoms with van der Waals surface area (Å²) < 4.78 is 24.9. The zero-order valence-corrected chi connectivity index (χ0v) is 13.6. The van der Waals surface area contributed by atoms with Gasteiger partial charge in [0.15, 0.2) is 17.7 Å². The summed E-state index contributed by atoms with van der Waals surface area (Å²) in [6.45, 7) is 5.16. The standard InChI is InChI=1S/C15H18N4O5/c1-8(20)21-5-10-11-12(24-15(2,3)23-11)14(22-10)19-7-18-9-4-16-6-17-13(9)19/h4,6-7,10-12,14H,5H2,1-3H3/t10-,11-,12-,14-/m1/s1. The third-order valence-electron chi connectivity index (χ3n) is 4.09. The topological polar surface area (TPSA) is 97.6 Å². The highest BCUT2D eigenvalue weighted by atomic mass is 16.8. The maximum absolute atomic E-state index is 11.1. The van der Waals surface area contributed by atoms with Gasteiger partial charge >= 0.3 is 5.97 Å². The number of hydrogen-bond donors (Lipinski definition) is 0. The first-order valence-electron chi connectivity index (χ1n) is 7.71. The molecule has 2 aliphatic heterocycles. The molecule has 0 spiro atoms. The summed E-state index contributed by atoms with van der Waals surface area (Å²) in [4.78, 5) is 23.6. The second-order valence-electron chi connectivity index (χ2n) is 6.32. The first kappa shape index (κ1) is 15.4. The largest absolute Gasteiger partial charge is 0.463 e. The highest BCUT2D eigenvalue weighted by molar-refractivity contribution is 5.69. The third-order valence-corrected chi connectivity index (χ3v) is 4.09. The molecule has 128 valence electrons.